The van der Waals surface area contributed by atoms with Crippen LogP contribution in [0.2, 0.25) is 0 Å². The van der Waals surface area contributed by atoms with Gasteiger partial charge in [0.15, 0.2) is 5.82 Å². The second-order valence-corrected chi connectivity index (χ2v) is 7.36. The lowest BCUT2D eigenvalue weighted by molar-refractivity contribution is 0.189. The fourth-order valence-electron chi connectivity index (χ4n) is 3.60. The van der Waals surface area contributed by atoms with Crippen molar-refractivity contribution in [2.75, 3.05) is 26.7 Å². The van der Waals surface area contributed by atoms with E-state index in [-0.39, 0.29) is 6.04 Å². The van der Waals surface area contributed by atoms with Gasteiger partial charge in [-0.15, -0.1) is 0 Å². The molecule has 2 heterocycles. The molecule has 1 aliphatic heterocycles. The summed E-state index contributed by atoms with van der Waals surface area (Å²) >= 11 is 0. The highest BCUT2D eigenvalue weighted by Gasteiger charge is 2.25. The number of nitrogens with one attached hydrogen (secondary N) is 1. The molecule has 1 saturated heterocycles. The van der Waals surface area contributed by atoms with Gasteiger partial charge in [0, 0.05) is 32.7 Å². The maximum Gasteiger partial charge on any atom is 0.240 e. The zero-order valence-corrected chi connectivity index (χ0v) is 16.3. The van der Waals surface area contributed by atoms with Crippen LogP contribution in [0.1, 0.15) is 28.9 Å². The van der Waals surface area contributed by atoms with Gasteiger partial charge in [-0.2, -0.15) is 4.98 Å². The summed E-state index contributed by atoms with van der Waals surface area (Å²) in [6.45, 7) is 5.13. The minimum absolute atomic E-state index is 0.169. The summed E-state index contributed by atoms with van der Waals surface area (Å²) in [6.07, 6.45) is 0. The average molecular weight is 377 g/mol. The van der Waals surface area contributed by atoms with Gasteiger partial charge in [-0.25, -0.2) is 0 Å². The van der Waals surface area contributed by atoms with Crippen LogP contribution in [0.15, 0.2) is 65.2 Å². The molecule has 0 saturated carbocycles. The second-order valence-electron chi connectivity index (χ2n) is 7.36. The van der Waals surface area contributed by atoms with Crippen LogP contribution >= 0.6 is 0 Å². The van der Waals surface area contributed by atoms with Crippen LogP contribution in [0.25, 0.3) is 0 Å². The molecule has 3 aromatic rings. The number of likely N-dealkylation sites (N-methyl/N-ethyl adjacent to an activating group) is 1. The van der Waals surface area contributed by atoms with E-state index >= 15 is 0 Å². The molecule has 0 bridgehead atoms. The van der Waals surface area contributed by atoms with E-state index in [1.807, 2.05) is 12.1 Å². The number of aromatic nitrogens is 2. The van der Waals surface area contributed by atoms with Crippen molar-refractivity contribution in [1.29, 1.82) is 0 Å². The van der Waals surface area contributed by atoms with Crippen LogP contribution in [-0.4, -0.2) is 46.6 Å². The minimum atomic E-state index is 0.169. The summed E-state index contributed by atoms with van der Waals surface area (Å²) in [5, 5.41) is 7.67. The van der Waals surface area contributed by atoms with E-state index in [0.717, 1.165) is 38.5 Å². The molecule has 1 N–H and O–H groups in total. The highest BCUT2D eigenvalue weighted by molar-refractivity contribution is 5.17. The molecule has 0 radical (unpaired) electrons. The molecule has 1 fully saturated rings. The summed E-state index contributed by atoms with van der Waals surface area (Å²) in [5.74, 6) is 1.44. The van der Waals surface area contributed by atoms with Gasteiger partial charge < -0.3 is 9.84 Å². The monoisotopic (exact) mass is 377 g/mol. The third-order valence-corrected chi connectivity index (χ3v) is 5.15. The number of hydrogen-bond acceptors (Lipinski definition) is 6. The molecule has 0 spiro atoms. The van der Waals surface area contributed by atoms with Crippen molar-refractivity contribution >= 4 is 0 Å². The molecule has 0 amide bonds. The van der Waals surface area contributed by atoms with Gasteiger partial charge in [0.1, 0.15) is 0 Å². The van der Waals surface area contributed by atoms with Gasteiger partial charge in [0.2, 0.25) is 5.89 Å². The minimum Gasteiger partial charge on any atom is -0.338 e. The highest BCUT2D eigenvalue weighted by atomic mass is 16.5. The van der Waals surface area contributed by atoms with Gasteiger partial charge in [-0.1, -0.05) is 65.8 Å². The first kappa shape index (κ1) is 18.8. The van der Waals surface area contributed by atoms with Gasteiger partial charge in [-0.05, 0) is 18.2 Å². The van der Waals surface area contributed by atoms with E-state index in [9.17, 15) is 0 Å². The molecular weight excluding hydrogens is 350 g/mol. The molecule has 4 rings (SSSR count). The first-order valence-electron chi connectivity index (χ1n) is 9.81. The predicted octanol–water partition coefficient (Wildman–Crippen LogP) is 2.85. The van der Waals surface area contributed by atoms with E-state index in [1.54, 1.807) is 0 Å². The van der Waals surface area contributed by atoms with E-state index in [2.05, 4.69) is 75.9 Å². The molecule has 2 aromatic carbocycles. The molecule has 1 atom stereocenters. The molecular formula is C22H27N5O. The van der Waals surface area contributed by atoms with Gasteiger partial charge >= 0.3 is 0 Å². The smallest absolute Gasteiger partial charge is 0.240 e. The number of piperazine rings is 1. The number of rotatable bonds is 7. The lowest BCUT2D eigenvalue weighted by Gasteiger charge is -2.30. The number of nitrogens with zero attached hydrogens (tertiary/aromatic N) is 4. The third-order valence-electron chi connectivity index (χ3n) is 5.15. The van der Waals surface area contributed by atoms with Crippen LogP contribution in [0.5, 0.6) is 0 Å². The zero-order valence-electron chi connectivity index (χ0n) is 16.3. The van der Waals surface area contributed by atoms with E-state index in [0.29, 0.717) is 12.4 Å². The average Bonchev–Trinajstić information content (AvgIpc) is 3.18. The predicted molar refractivity (Wildman–Crippen MR) is 108 cm³/mol. The SMILES string of the molecule is CN1CCNCC1c1noc(CN(Cc2ccccc2)Cc2ccccc2)n1. The molecule has 6 nitrogen and oxygen atoms in total. The Kier molecular flexibility index (Phi) is 6.11. The lowest BCUT2D eigenvalue weighted by atomic mass is 10.1. The lowest BCUT2D eigenvalue weighted by Crippen LogP contribution is -2.44. The van der Waals surface area contributed by atoms with Crippen LogP contribution in [0.4, 0.5) is 0 Å². The topological polar surface area (TPSA) is 57.4 Å². The van der Waals surface area contributed by atoms with Crippen molar-refractivity contribution in [1.82, 2.24) is 25.3 Å². The first-order chi connectivity index (χ1) is 13.8. The Morgan fingerprint density at radius 3 is 2.25 bits per heavy atom. The summed E-state index contributed by atoms with van der Waals surface area (Å²) < 4.78 is 5.61. The molecule has 28 heavy (non-hydrogen) atoms. The normalized spacial score (nSPS) is 17.9. The van der Waals surface area contributed by atoms with Crippen LogP contribution < -0.4 is 5.32 Å². The van der Waals surface area contributed by atoms with E-state index < -0.39 is 0 Å². The zero-order chi connectivity index (χ0) is 19.2. The molecule has 0 aliphatic carbocycles. The van der Waals surface area contributed by atoms with Gasteiger partial charge in [0.25, 0.3) is 0 Å². The third kappa shape index (κ3) is 4.84. The van der Waals surface area contributed by atoms with Crippen molar-refractivity contribution in [3.63, 3.8) is 0 Å². The van der Waals surface area contributed by atoms with Crippen LogP contribution in [0.3, 0.4) is 0 Å². The molecule has 1 aromatic heterocycles. The number of hydrogen-bond donors (Lipinski definition) is 1. The summed E-state index contributed by atoms with van der Waals surface area (Å²) in [7, 11) is 2.11. The highest BCUT2D eigenvalue weighted by Crippen LogP contribution is 2.19. The van der Waals surface area contributed by atoms with Crippen LogP contribution in [-0.2, 0) is 19.6 Å². The quantitative estimate of drug-likeness (QED) is 0.683. The second kappa shape index (κ2) is 9.10. The Morgan fingerprint density at radius 2 is 1.64 bits per heavy atom. The summed E-state index contributed by atoms with van der Waals surface area (Å²) in [6, 6.07) is 21.2. The van der Waals surface area contributed by atoms with Crippen molar-refractivity contribution in [3.8, 4) is 0 Å². The summed E-state index contributed by atoms with van der Waals surface area (Å²) in [5.41, 5.74) is 2.55. The Morgan fingerprint density at radius 1 is 1.00 bits per heavy atom. The maximum atomic E-state index is 5.61. The van der Waals surface area contributed by atoms with E-state index in [1.165, 1.54) is 11.1 Å². The first-order valence-corrected chi connectivity index (χ1v) is 9.81. The number of benzene rings is 2. The Hall–Kier alpha value is -2.54. The summed E-state index contributed by atoms with van der Waals surface area (Å²) in [4.78, 5) is 9.32. The van der Waals surface area contributed by atoms with Crippen molar-refractivity contribution in [2.45, 2.75) is 25.7 Å². The standard InChI is InChI=1S/C22H27N5O/c1-26-13-12-23-14-20(26)22-24-21(28-25-22)17-27(15-18-8-4-2-5-9-18)16-19-10-6-3-7-11-19/h2-11,20,23H,12-17H2,1H3. The van der Waals surface area contributed by atoms with E-state index in [4.69, 9.17) is 9.51 Å². The van der Waals surface area contributed by atoms with Crippen LogP contribution in [0, 0.1) is 0 Å². The molecule has 146 valence electrons. The maximum absolute atomic E-state index is 5.61. The van der Waals surface area contributed by atoms with Gasteiger partial charge in [-0.3, -0.25) is 9.80 Å². The fourth-order valence-corrected chi connectivity index (χ4v) is 3.60. The Labute approximate surface area is 166 Å². The van der Waals surface area contributed by atoms with Crippen molar-refractivity contribution in [2.24, 2.45) is 0 Å². The molecule has 1 aliphatic rings. The molecule has 6 heteroatoms. The fraction of sp³-hybridized carbons (Fsp3) is 0.364. The van der Waals surface area contributed by atoms with Gasteiger partial charge in [0.05, 0.1) is 12.6 Å². The largest absolute Gasteiger partial charge is 0.338 e. The van der Waals surface area contributed by atoms with Crippen molar-refractivity contribution in [3.05, 3.63) is 83.5 Å². The molecule has 1 unspecified atom stereocenters. The Bertz CT molecular complexity index is 810. The van der Waals surface area contributed by atoms with Crippen molar-refractivity contribution < 1.29 is 4.52 Å². The Balaban J connectivity index is 1.48.